The Hall–Kier alpha value is -1.49. The van der Waals surface area contributed by atoms with Crippen LogP contribution in [0.2, 0.25) is 0 Å². The number of hydrogen-bond acceptors (Lipinski definition) is 4. The van der Waals surface area contributed by atoms with E-state index >= 15 is 0 Å². The van der Waals surface area contributed by atoms with Gasteiger partial charge in [0.25, 0.3) is 0 Å². The number of carbonyl (C=O) groups excluding carboxylic acids is 3. The molecule has 2 fully saturated rings. The Balaban J connectivity index is 1.47. The highest BCUT2D eigenvalue weighted by atomic mass is 16.5. The van der Waals surface area contributed by atoms with Crippen LogP contribution in [-0.2, 0) is 19.1 Å². The maximum Gasteiger partial charge on any atom is 0.233 e. The predicted molar refractivity (Wildman–Crippen MR) is 79.8 cm³/mol. The zero-order valence-corrected chi connectivity index (χ0v) is 13.0. The zero-order chi connectivity index (χ0) is 15.7. The molecule has 2 bridgehead atoms. The fourth-order valence-electron chi connectivity index (χ4n) is 4.16. The number of nitrogens with zero attached hydrogens (tertiary/aromatic N) is 1. The van der Waals surface area contributed by atoms with Gasteiger partial charge in [0.1, 0.15) is 5.78 Å². The first-order valence-electron chi connectivity index (χ1n) is 8.17. The topological polar surface area (TPSA) is 63.7 Å². The van der Waals surface area contributed by atoms with E-state index in [-0.39, 0.29) is 41.3 Å². The number of likely N-dealkylation sites (tertiary alicyclic amines) is 1. The van der Waals surface area contributed by atoms with E-state index in [1.165, 1.54) is 4.90 Å². The summed E-state index contributed by atoms with van der Waals surface area (Å²) in [5.41, 5.74) is 0. The van der Waals surface area contributed by atoms with Crippen molar-refractivity contribution in [3.63, 3.8) is 0 Å². The molecule has 22 heavy (non-hydrogen) atoms. The molecule has 1 aliphatic heterocycles. The summed E-state index contributed by atoms with van der Waals surface area (Å²) in [5, 5.41) is 0. The summed E-state index contributed by atoms with van der Waals surface area (Å²) >= 11 is 0. The SMILES string of the molecule is COCCCC(=O)CCCN1C(=O)[C@@H]2[C@H]3C=CC(C3)[C@@H]2C1=O. The highest BCUT2D eigenvalue weighted by Crippen LogP contribution is 2.52. The molecule has 0 N–H and O–H groups in total. The van der Waals surface area contributed by atoms with Crippen molar-refractivity contribution in [2.75, 3.05) is 20.3 Å². The number of rotatable bonds is 8. The van der Waals surface area contributed by atoms with Gasteiger partial charge in [0, 0.05) is 33.1 Å². The Morgan fingerprint density at radius 3 is 2.32 bits per heavy atom. The Kier molecular flexibility index (Phi) is 4.43. The molecule has 3 aliphatic rings. The Labute approximate surface area is 130 Å². The van der Waals surface area contributed by atoms with E-state index < -0.39 is 0 Å². The van der Waals surface area contributed by atoms with Gasteiger partial charge in [-0.2, -0.15) is 0 Å². The third kappa shape index (κ3) is 2.62. The first-order valence-corrected chi connectivity index (χ1v) is 8.17. The zero-order valence-electron chi connectivity index (χ0n) is 13.0. The minimum absolute atomic E-state index is 0.0151. The molecule has 5 nitrogen and oxygen atoms in total. The molecule has 1 saturated carbocycles. The minimum Gasteiger partial charge on any atom is -0.385 e. The van der Waals surface area contributed by atoms with Crippen molar-refractivity contribution in [1.82, 2.24) is 4.90 Å². The van der Waals surface area contributed by atoms with Gasteiger partial charge in [-0.15, -0.1) is 0 Å². The van der Waals surface area contributed by atoms with Crippen molar-refractivity contribution in [3.05, 3.63) is 12.2 Å². The van der Waals surface area contributed by atoms with Gasteiger partial charge in [-0.25, -0.2) is 0 Å². The number of ether oxygens (including phenoxy) is 1. The lowest BCUT2D eigenvalue weighted by Crippen LogP contribution is -2.34. The summed E-state index contributed by atoms with van der Waals surface area (Å²) in [6.45, 7) is 0.980. The maximum atomic E-state index is 12.4. The van der Waals surface area contributed by atoms with Gasteiger partial charge in [-0.05, 0) is 31.1 Å². The second-order valence-corrected chi connectivity index (χ2v) is 6.57. The summed E-state index contributed by atoms with van der Waals surface area (Å²) < 4.78 is 4.92. The number of Topliss-reactive ketones (excluding diaryl/α,β-unsaturated/α-hetero) is 1. The fraction of sp³-hybridized carbons (Fsp3) is 0.706. The normalized spacial score (nSPS) is 32.1. The molecule has 120 valence electrons. The number of hydrogen-bond donors (Lipinski definition) is 0. The molecular formula is C17H23NO4. The van der Waals surface area contributed by atoms with Gasteiger partial charge in [0.2, 0.25) is 11.8 Å². The third-order valence-electron chi connectivity index (χ3n) is 5.20. The molecule has 2 amide bonds. The van der Waals surface area contributed by atoms with Crippen LogP contribution in [0.4, 0.5) is 0 Å². The van der Waals surface area contributed by atoms with Gasteiger partial charge < -0.3 is 4.74 Å². The van der Waals surface area contributed by atoms with Crippen LogP contribution in [0.5, 0.6) is 0 Å². The monoisotopic (exact) mass is 305 g/mol. The standard InChI is InChI=1S/C17H23NO4/c1-22-9-3-5-13(19)4-2-8-18-16(20)14-11-6-7-12(10-11)15(14)17(18)21/h6-7,11-12,14-15H,2-5,8-10H2,1H3/t11-,12?,14+,15-/m0/s1. The number of allylic oxidation sites excluding steroid dienone is 2. The number of ketones is 1. The first kappa shape index (κ1) is 15.4. The Morgan fingerprint density at radius 1 is 1.14 bits per heavy atom. The van der Waals surface area contributed by atoms with Crippen LogP contribution in [0, 0.1) is 23.7 Å². The van der Waals surface area contributed by atoms with E-state index in [2.05, 4.69) is 12.2 Å². The van der Waals surface area contributed by atoms with Crippen LogP contribution in [0.25, 0.3) is 0 Å². The Morgan fingerprint density at radius 2 is 1.73 bits per heavy atom. The molecule has 5 heteroatoms. The molecule has 0 aromatic rings. The summed E-state index contributed by atoms with van der Waals surface area (Å²) in [5.74, 6) is 0.412. The average molecular weight is 305 g/mol. The molecule has 0 spiro atoms. The van der Waals surface area contributed by atoms with Gasteiger partial charge in [-0.1, -0.05) is 12.2 Å². The minimum atomic E-state index is -0.125. The summed E-state index contributed by atoms with van der Waals surface area (Å²) in [6.07, 6.45) is 7.40. The molecule has 1 unspecified atom stereocenters. The van der Waals surface area contributed by atoms with E-state index in [0.717, 1.165) is 12.8 Å². The van der Waals surface area contributed by atoms with E-state index in [4.69, 9.17) is 4.74 Å². The van der Waals surface area contributed by atoms with Crippen molar-refractivity contribution in [2.45, 2.75) is 32.1 Å². The van der Waals surface area contributed by atoms with Crippen molar-refractivity contribution in [3.8, 4) is 0 Å². The highest BCUT2D eigenvalue weighted by Gasteiger charge is 2.58. The van der Waals surface area contributed by atoms with Crippen molar-refractivity contribution in [2.24, 2.45) is 23.7 Å². The lowest BCUT2D eigenvalue weighted by Gasteiger charge is -2.16. The van der Waals surface area contributed by atoms with E-state index in [1.54, 1.807) is 7.11 Å². The number of amides is 2. The van der Waals surface area contributed by atoms with E-state index in [0.29, 0.717) is 32.4 Å². The molecular weight excluding hydrogens is 282 g/mol. The number of imide groups is 1. The lowest BCUT2D eigenvalue weighted by molar-refractivity contribution is -0.141. The van der Waals surface area contributed by atoms with Crippen LogP contribution in [-0.4, -0.2) is 42.8 Å². The van der Waals surface area contributed by atoms with Gasteiger partial charge in [0.05, 0.1) is 11.8 Å². The number of carbonyl (C=O) groups is 3. The van der Waals surface area contributed by atoms with Crippen LogP contribution in [0.3, 0.4) is 0 Å². The first-order chi connectivity index (χ1) is 10.6. The maximum absolute atomic E-state index is 12.4. The largest absolute Gasteiger partial charge is 0.385 e. The third-order valence-corrected chi connectivity index (χ3v) is 5.20. The van der Waals surface area contributed by atoms with Crippen LogP contribution in [0.1, 0.15) is 32.1 Å². The van der Waals surface area contributed by atoms with Crippen molar-refractivity contribution < 1.29 is 19.1 Å². The van der Waals surface area contributed by atoms with Crippen LogP contribution in [0.15, 0.2) is 12.2 Å². The summed E-state index contributed by atoms with van der Waals surface area (Å²) in [7, 11) is 1.62. The quantitative estimate of drug-likeness (QED) is 0.388. The molecule has 1 saturated heterocycles. The molecule has 0 aromatic heterocycles. The molecule has 4 atom stereocenters. The molecule has 1 heterocycles. The number of methoxy groups -OCH3 is 1. The van der Waals surface area contributed by atoms with E-state index in [9.17, 15) is 14.4 Å². The van der Waals surface area contributed by atoms with Gasteiger partial charge >= 0.3 is 0 Å². The second-order valence-electron chi connectivity index (χ2n) is 6.57. The molecule has 3 rings (SSSR count). The smallest absolute Gasteiger partial charge is 0.233 e. The van der Waals surface area contributed by atoms with E-state index in [1.807, 2.05) is 0 Å². The second kappa shape index (κ2) is 6.32. The van der Waals surface area contributed by atoms with Gasteiger partial charge in [-0.3, -0.25) is 19.3 Å². The highest BCUT2D eigenvalue weighted by molar-refractivity contribution is 6.06. The van der Waals surface area contributed by atoms with Crippen molar-refractivity contribution >= 4 is 17.6 Å². The summed E-state index contributed by atoms with van der Waals surface area (Å²) in [6, 6.07) is 0. The van der Waals surface area contributed by atoms with Gasteiger partial charge in [0.15, 0.2) is 0 Å². The average Bonchev–Trinajstić information content (AvgIpc) is 3.16. The van der Waals surface area contributed by atoms with Crippen molar-refractivity contribution in [1.29, 1.82) is 0 Å². The Bertz CT molecular complexity index is 483. The molecule has 2 aliphatic carbocycles. The molecule has 0 aromatic carbocycles. The summed E-state index contributed by atoms with van der Waals surface area (Å²) in [4.78, 5) is 38.0. The number of fused-ring (bicyclic) bond motifs is 5. The predicted octanol–water partition coefficient (Wildman–Crippen LogP) is 1.57. The van der Waals surface area contributed by atoms with Crippen LogP contribution < -0.4 is 0 Å². The lowest BCUT2D eigenvalue weighted by atomic mass is 9.85. The van der Waals surface area contributed by atoms with Crippen LogP contribution >= 0.6 is 0 Å². The molecule has 0 radical (unpaired) electrons. The fourth-order valence-corrected chi connectivity index (χ4v) is 4.16.